The molecule has 1 aromatic carbocycles. The van der Waals surface area contributed by atoms with Crippen LogP contribution in [-0.4, -0.2) is 25.9 Å². The minimum Gasteiger partial charge on any atom is -0.396 e. The fourth-order valence-electron chi connectivity index (χ4n) is 1.97. The van der Waals surface area contributed by atoms with Gasteiger partial charge in [-0.05, 0) is 31.9 Å². The molecule has 0 radical (unpaired) electrons. The van der Waals surface area contributed by atoms with E-state index in [0.29, 0.717) is 4.90 Å². The summed E-state index contributed by atoms with van der Waals surface area (Å²) < 4.78 is 24.1. The summed E-state index contributed by atoms with van der Waals surface area (Å²) in [5.41, 5.74) is 1.07. The summed E-state index contributed by atoms with van der Waals surface area (Å²) in [6.45, 7) is 2.20. The Balaban J connectivity index is 2.29. The molecule has 0 unspecified atom stereocenters. The van der Waals surface area contributed by atoms with E-state index in [-0.39, 0.29) is 12.4 Å². The van der Waals surface area contributed by atoms with E-state index in [0.717, 1.165) is 44.1 Å². The molecule has 1 aromatic rings. The SMILES string of the molecule is Cc1ccc(S(=O)(=O)CCCCCCCCO)cc1. The lowest BCUT2D eigenvalue weighted by Gasteiger charge is -2.05. The highest BCUT2D eigenvalue weighted by Gasteiger charge is 2.13. The standard InChI is InChI=1S/C15H24O3S/c1-14-8-10-15(11-9-14)19(17,18)13-7-5-3-2-4-6-12-16/h8-11,16H,2-7,12-13H2,1H3. The molecule has 0 aromatic heterocycles. The number of rotatable bonds is 9. The first kappa shape index (κ1) is 16.2. The second-order valence-electron chi connectivity index (χ2n) is 4.98. The summed E-state index contributed by atoms with van der Waals surface area (Å²) in [5.74, 6) is 0.232. The van der Waals surface area contributed by atoms with Crippen molar-refractivity contribution in [2.24, 2.45) is 0 Å². The molecule has 0 saturated heterocycles. The molecule has 108 valence electrons. The average molecular weight is 284 g/mol. The lowest BCUT2D eigenvalue weighted by Crippen LogP contribution is -2.06. The summed E-state index contributed by atoms with van der Waals surface area (Å²) in [5, 5.41) is 8.64. The topological polar surface area (TPSA) is 54.4 Å². The molecule has 1 rings (SSSR count). The van der Waals surface area contributed by atoms with Gasteiger partial charge in [-0.3, -0.25) is 0 Å². The third kappa shape index (κ3) is 6.21. The summed E-state index contributed by atoms with van der Waals surface area (Å²) in [7, 11) is -3.11. The van der Waals surface area contributed by atoms with Gasteiger partial charge < -0.3 is 5.11 Å². The van der Waals surface area contributed by atoms with Gasteiger partial charge in [0.15, 0.2) is 9.84 Å². The van der Waals surface area contributed by atoms with Crippen molar-refractivity contribution in [3.8, 4) is 0 Å². The van der Waals surface area contributed by atoms with E-state index in [9.17, 15) is 8.42 Å². The van der Waals surface area contributed by atoms with Crippen molar-refractivity contribution < 1.29 is 13.5 Å². The van der Waals surface area contributed by atoms with Gasteiger partial charge in [-0.2, -0.15) is 0 Å². The van der Waals surface area contributed by atoms with E-state index in [1.54, 1.807) is 12.1 Å². The first-order chi connectivity index (χ1) is 9.06. The van der Waals surface area contributed by atoms with Gasteiger partial charge in [0.25, 0.3) is 0 Å². The molecular formula is C15H24O3S. The molecule has 0 fully saturated rings. The number of hydrogen-bond acceptors (Lipinski definition) is 3. The summed E-state index contributed by atoms with van der Waals surface area (Å²) in [4.78, 5) is 0.429. The van der Waals surface area contributed by atoms with Crippen molar-refractivity contribution in [3.05, 3.63) is 29.8 Å². The van der Waals surface area contributed by atoms with Crippen LogP contribution in [0.2, 0.25) is 0 Å². The van der Waals surface area contributed by atoms with Crippen LogP contribution < -0.4 is 0 Å². The van der Waals surface area contributed by atoms with Crippen molar-refractivity contribution in [1.29, 1.82) is 0 Å². The van der Waals surface area contributed by atoms with Crippen molar-refractivity contribution in [1.82, 2.24) is 0 Å². The van der Waals surface area contributed by atoms with Gasteiger partial charge in [0.2, 0.25) is 0 Å². The molecule has 1 N–H and O–H groups in total. The Hall–Kier alpha value is -0.870. The van der Waals surface area contributed by atoms with Crippen LogP contribution in [0.25, 0.3) is 0 Å². The van der Waals surface area contributed by atoms with Gasteiger partial charge in [-0.15, -0.1) is 0 Å². The predicted octanol–water partition coefficient (Wildman–Crippen LogP) is 3.10. The number of aryl methyl sites for hydroxylation is 1. The van der Waals surface area contributed by atoms with E-state index in [1.165, 1.54) is 0 Å². The molecular weight excluding hydrogens is 260 g/mol. The fraction of sp³-hybridized carbons (Fsp3) is 0.600. The Labute approximate surface area is 116 Å². The van der Waals surface area contributed by atoms with Crippen LogP contribution in [0.5, 0.6) is 0 Å². The predicted molar refractivity (Wildman–Crippen MR) is 78.0 cm³/mol. The molecule has 0 saturated carbocycles. The third-order valence-corrected chi connectivity index (χ3v) is 5.02. The van der Waals surface area contributed by atoms with Gasteiger partial charge in [0, 0.05) is 6.61 Å². The van der Waals surface area contributed by atoms with E-state index < -0.39 is 9.84 Å². The molecule has 0 heterocycles. The maximum atomic E-state index is 12.0. The maximum Gasteiger partial charge on any atom is 0.178 e. The number of aliphatic hydroxyl groups excluding tert-OH is 1. The first-order valence-electron chi connectivity index (χ1n) is 6.96. The van der Waals surface area contributed by atoms with Crippen LogP contribution >= 0.6 is 0 Å². The molecule has 0 aliphatic rings. The molecule has 0 aliphatic heterocycles. The number of aliphatic hydroxyl groups is 1. The lowest BCUT2D eigenvalue weighted by atomic mass is 10.1. The van der Waals surface area contributed by atoms with Crippen molar-refractivity contribution in [2.45, 2.75) is 50.3 Å². The Morgan fingerprint density at radius 2 is 1.42 bits per heavy atom. The normalized spacial score (nSPS) is 11.7. The number of unbranched alkanes of at least 4 members (excludes halogenated alkanes) is 5. The summed E-state index contributed by atoms with van der Waals surface area (Å²) >= 11 is 0. The maximum absolute atomic E-state index is 12.0. The highest BCUT2D eigenvalue weighted by atomic mass is 32.2. The molecule has 0 bridgehead atoms. The van der Waals surface area contributed by atoms with Crippen LogP contribution in [-0.2, 0) is 9.84 Å². The second-order valence-corrected chi connectivity index (χ2v) is 7.09. The zero-order valence-electron chi connectivity index (χ0n) is 11.6. The zero-order chi connectivity index (χ0) is 14.1. The highest BCUT2D eigenvalue weighted by Crippen LogP contribution is 2.14. The van der Waals surface area contributed by atoms with Gasteiger partial charge in [-0.25, -0.2) is 8.42 Å². The minimum atomic E-state index is -3.11. The average Bonchev–Trinajstić information content (AvgIpc) is 2.38. The Morgan fingerprint density at radius 1 is 0.895 bits per heavy atom. The van der Waals surface area contributed by atoms with Gasteiger partial charge in [-0.1, -0.05) is 43.4 Å². The van der Waals surface area contributed by atoms with Crippen LogP contribution in [0.4, 0.5) is 0 Å². The largest absolute Gasteiger partial charge is 0.396 e. The van der Waals surface area contributed by atoms with Crippen molar-refractivity contribution in [2.75, 3.05) is 12.4 Å². The van der Waals surface area contributed by atoms with Gasteiger partial charge >= 0.3 is 0 Å². The van der Waals surface area contributed by atoms with E-state index in [1.807, 2.05) is 19.1 Å². The van der Waals surface area contributed by atoms with E-state index in [4.69, 9.17) is 5.11 Å². The smallest absolute Gasteiger partial charge is 0.178 e. The molecule has 0 aliphatic carbocycles. The molecule has 4 heteroatoms. The Kier molecular flexibility index (Phi) is 7.10. The minimum absolute atomic E-state index is 0.232. The molecule has 19 heavy (non-hydrogen) atoms. The molecule has 0 spiro atoms. The van der Waals surface area contributed by atoms with Crippen LogP contribution in [0.1, 0.15) is 44.1 Å². The van der Waals surface area contributed by atoms with Crippen molar-refractivity contribution >= 4 is 9.84 Å². The Bertz CT molecular complexity index is 449. The molecule has 0 atom stereocenters. The van der Waals surface area contributed by atoms with Crippen LogP contribution in [0.3, 0.4) is 0 Å². The van der Waals surface area contributed by atoms with Gasteiger partial charge in [0.05, 0.1) is 10.6 Å². The first-order valence-corrected chi connectivity index (χ1v) is 8.62. The third-order valence-electron chi connectivity index (χ3n) is 3.20. The number of benzene rings is 1. The monoisotopic (exact) mass is 284 g/mol. The molecule has 0 amide bonds. The van der Waals surface area contributed by atoms with E-state index in [2.05, 4.69) is 0 Å². The summed E-state index contributed by atoms with van der Waals surface area (Å²) in [6.07, 6.45) is 5.66. The van der Waals surface area contributed by atoms with Crippen LogP contribution in [0.15, 0.2) is 29.2 Å². The number of hydrogen-bond donors (Lipinski definition) is 1. The number of sulfone groups is 1. The van der Waals surface area contributed by atoms with Crippen molar-refractivity contribution in [3.63, 3.8) is 0 Å². The van der Waals surface area contributed by atoms with E-state index >= 15 is 0 Å². The van der Waals surface area contributed by atoms with Gasteiger partial charge in [0.1, 0.15) is 0 Å². The Morgan fingerprint density at radius 3 is 2.00 bits per heavy atom. The summed E-state index contributed by atoms with van der Waals surface area (Å²) in [6, 6.07) is 7.04. The molecule has 3 nitrogen and oxygen atoms in total. The lowest BCUT2D eigenvalue weighted by molar-refractivity contribution is 0.282. The fourth-order valence-corrected chi connectivity index (χ4v) is 3.35. The van der Waals surface area contributed by atoms with Crippen LogP contribution in [0, 0.1) is 6.92 Å². The zero-order valence-corrected chi connectivity index (χ0v) is 12.5. The highest BCUT2D eigenvalue weighted by molar-refractivity contribution is 7.91. The second kappa shape index (κ2) is 8.33. The quantitative estimate of drug-likeness (QED) is 0.709.